The van der Waals surface area contributed by atoms with Crippen molar-refractivity contribution in [3.05, 3.63) is 17.4 Å². The van der Waals surface area contributed by atoms with Gasteiger partial charge in [0, 0.05) is 31.5 Å². The fourth-order valence-corrected chi connectivity index (χ4v) is 1.97. The molecular formula is C9H12N6OS. The molecule has 0 radical (unpaired) electrons. The third-order valence-electron chi connectivity index (χ3n) is 2.26. The summed E-state index contributed by atoms with van der Waals surface area (Å²) in [5, 5.41) is 16.0. The minimum Gasteiger partial charge on any atom is -0.291 e. The van der Waals surface area contributed by atoms with Gasteiger partial charge >= 0.3 is 0 Å². The molecule has 0 aliphatic heterocycles. The van der Waals surface area contributed by atoms with Crippen LogP contribution in [-0.4, -0.2) is 38.6 Å². The number of amides is 1. The first-order chi connectivity index (χ1) is 8.27. The minimum absolute atomic E-state index is 0.0449. The first kappa shape index (κ1) is 11.6. The zero-order valence-corrected chi connectivity index (χ0v) is 10.1. The number of thiazole rings is 1. The number of nitrogens with one attached hydrogen (secondary N) is 1. The quantitative estimate of drug-likeness (QED) is 0.843. The summed E-state index contributed by atoms with van der Waals surface area (Å²) < 4.78 is 0. The van der Waals surface area contributed by atoms with Crippen LogP contribution in [0.15, 0.2) is 11.6 Å². The highest BCUT2D eigenvalue weighted by Crippen LogP contribution is 2.16. The Kier molecular flexibility index (Phi) is 3.76. The van der Waals surface area contributed by atoms with E-state index < -0.39 is 0 Å². The molecular weight excluding hydrogens is 240 g/mol. The predicted molar refractivity (Wildman–Crippen MR) is 62.6 cm³/mol. The number of anilines is 1. The van der Waals surface area contributed by atoms with Crippen molar-refractivity contribution in [1.82, 2.24) is 25.6 Å². The van der Waals surface area contributed by atoms with E-state index in [9.17, 15) is 4.79 Å². The van der Waals surface area contributed by atoms with Crippen molar-refractivity contribution >= 4 is 22.4 Å². The largest absolute Gasteiger partial charge is 0.291 e. The van der Waals surface area contributed by atoms with Gasteiger partial charge in [0.1, 0.15) is 0 Å². The lowest BCUT2D eigenvalue weighted by molar-refractivity contribution is -0.118. The van der Waals surface area contributed by atoms with Gasteiger partial charge in [0.05, 0.1) is 0 Å². The summed E-state index contributed by atoms with van der Waals surface area (Å²) in [5.74, 6) is 0.679. The van der Waals surface area contributed by atoms with Crippen molar-refractivity contribution in [3.8, 4) is 0 Å². The number of aromatic amines is 1. The van der Waals surface area contributed by atoms with Gasteiger partial charge in [-0.2, -0.15) is 5.21 Å². The van der Waals surface area contributed by atoms with Crippen molar-refractivity contribution in [2.75, 3.05) is 11.9 Å². The first-order valence-corrected chi connectivity index (χ1v) is 6.03. The number of rotatable bonds is 5. The van der Waals surface area contributed by atoms with Crippen LogP contribution in [0.5, 0.6) is 0 Å². The van der Waals surface area contributed by atoms with Gasteiger partial charge in [0.25, 0.3) is 0 Å². The number of hydrogen-bond acceptors (Lipinski definition) is 6. The summed E-state index contributed by atoms with van der Waals surface area (Å²) >= 11 is 1.44. The second-order valence-corrected chi connectivity index (χ2v) is 4.32. The van der Waals surface area contributed by atoms with E-state index in [1.807, 2.05) is 5.38 Å². The van der Waals surface area contributed by atoms with E-state index in [1.165, 1.54) is 11.3 Å². The first-order valence-electron chi connectivity index (χ1n) is 5.16. The maximum Gasteiger partial charge on any atom is 0.228 e. The van der Waals surface area contributed by atoms with Crippen LogP contribution in [0.25, 0.3) is 0 Å². The number of carbonyl (C=O) groups is 1. The van der Waals surface area contributed by atoms with Crippen LogP contribution >= 0.6 is 11.3 Å². The Morgan fingerprint density at radius 3 is 3.12 bits per heavy atom. The normalized spacial score (nSPS) is 10.4. The maximum atomic E-state index is 11.8. The molecule has 0 unspecified atom stereocenters. The van der Waals surface area contributed by atoms with E-state index in [4.69, 9.17) is 0 Å². The summed E-state index contributed by atoms with van der Waals surface area (Å²) in [5.41, 5.74) is 0. The fraction of sp³-hybridized carbons (Fsp3) is 0.444. The Balaban J connectivity index is 1.77. The SMILES string of the molecule is CN(C(=O)CCCc1nn[nH]n1)c1nccs1. The zero-order chi connectivity index (χ0) is 12.1. The topological polar surface area (TPSA) is 87.7 Å². The predicted octanol–water partition coefficient (Wildman–Crippen LogP) is 0.642. The van der Waals surface area contributed by atoms with Gasteiger partial charge in [-0.05, 0) is 6.42 Å². The number of aryl methyl sites for hydroxylation is 1. The van der Waals surface area contributed by atoms with Gasteiger partial charge in [-0.1, -0.05) is 5.21 Å². The third kappa shape index (κ3) is 3.06. The number of nitrogens with zero attached hydrogens (tertiary/aromatic N) is 5. The average Bonchev–Trinajstić information content (AvgIpc) is 3.00. The number of carbonyl (C=O) groups excluding carboxylic acids is 1. The van der Waals surface area contributed by atoms with Gasteiger partial charge in [0.2, 0.25) is 5.91 Å². The molecule has 0 aliphatic rings. The van der Waals surface area contributed by atoms with E-state index in [-0.39, 0.29) is 5.91 Å². The molecule has 0 aliphatic carbocycles. The van der Waals surface area contributed by atoms with Gasteiger partial charge in [-0.15, -0.1) is 21.5 Å². The summed E-state index contributed by atoms with van der Waals surface area (Å²) in [6, 6.07) is 0. The molecule has 0 bridgehead atoms. The molecule has 90 valence electrons. The Labute approximate surface area is 102 Å². The summed E-state index contributed by atoms with van der Waals surface area (Å²) in [6.07, 6.45) is 3.48. The standard InChI is InChI=1S/C9H12N6OS/c1-15(9-10-5-6-17-9)8(16)4-2-3-7-11-13-14-12-7/h5-6H,2-4H2,1H3,(H,11,12,13,14). The second-order valence-electron chi connectivity index (χ2n) is 3.45. The molecule has 17 heavy (non-hydrogen) atoms. The van der Waals surface area contributed by atoms with E-state index in [1.54, 1.807) is 18.1 Å². The molecule has 2 rings (SSSR count). The van der Waals surface area contributed by atoms with Crippen LogP contribution in [0.2, 0.25) is 0 Å². The van der Waals surface area contributed by atoms with E-state index in [0.29, 0.717) is 25.1 Å². The van der Waals surface area contributed by atoms with Gasteiger partial charge in [-0.25, -0.2) is 4.98 Å². The summed E-state index contributed by atoms with van der Waals surface area (Å²) in [4.78, 5) is 17.4. The summed E-state index contributed by atoms with van der Waals surface area (Å²) in [7, 11) is 1.73. The van der Waals surface area contributed by atoms with Crippen LogP contribution in [0, 0.1) is 0 Å². The molecule has 7 nitrogen and oxygen atoms in total. The molecule has 0 spiro atoms. The zero-order valence-electron chi connectivity index (χ0n) is 9.33. The van der Waals surface area contributed by atoms with Crippen molar-refractivity contribution in [1.29, 1.82) is 0 Å². The highest BCUT2D eigenvalue weighted by atomic mass is 32.1. The van der Waals surface area contributed by atoms with Crippen LogP contribution in [0.3, 0.4) is 0 Å². The van der Waals surface area contributed by atoms with E-state index >= 15 is 0 Å². The molecule has 0 fully saturated rings. The number of tetrazole rings is 1. The molecule has 2 aromatic rings. The average molecular weight is 252 g/mol. The van der Waals surface area contributed by atoms with Crippen LogP contribution in [-0.2, 0) is 11.2 Å². The highest BCUT2D eigenvalue weighted by molar-refractivity contribution is 7.13. The molecule has 0 saturated heterocycles. The smallest absolute Gasteiger partial charge is 0.228 e. The molecule has 2 heterocycles. The van der Waals surface area contributed by atoms with Crippen molar-refractivity contribution < 1.29 is 4.79 Å². The third-order valence-corrected chi connectivity index (χ3v) is 3.11. The van der Waals surface area contributed by atoms with Crippen molar-refractivity contribution in [2.45, 2.75) is 19.3 Å². The van der Waals surface area contributed by atoms with Crippen LogP contribution < -0.4 is 4.90 Å². The number of hydrogen-bond donors (Lipinski definition) is 1. The second kappa shape index (κ2) is 5.48. The molecule has 8 heteroatoms. The van der Waals surface area contributed by atoms with Crippen LogP contribution in [0.1, 0.15) is 18.7 Å². The number of aromatic nitrogens is 5. The lowest BCUT2D eigenvalue weighted by Crippen LogP contribution is -2.25. The molecule has 0 saturated carbocycles. The Bertz CT molecular complexity index is 454. The Morgan fingerprint density at radius 2 is 2.47 bits per heavy atom. The molecule has 0 atom stereocenters. The molecule has 2 aromatic heterocycles. The van der Waals surface area contributed by atoms with Gasteiger partial charge in [0.15, 0.2) is 11.0 Å². The minimum atomic E-state index is 0.0449. The van der Waals surface area contributed by atoms with E-state index in [2.05, 4.69) is 25.6 Å². The monoisotopic (exact) mass is 252 g/mol. The van der Waals surface area contributed by atoms with Crippen molar-refractivity contribution in [2.24, 2.45) is 0 Å². The summed E-state index contributed by atoms with van der Waals surface area (Å²) in [6.45, 7) is 0. The fourth-order valence-electron chi connectivity index (χ4n) is 1.34. The van der Waals surface area contributed by atoms with Gasteiger partial charge < -0.3 is 0 Å². The number of H-pyrrole nitrogens is 1. The lowest BCUT2D eigenvalue weighted by atomic mass is 10.2. The Morgan fingerprint density at radius 1 is 1.59 bits per heavy atom. The molecule has 1 amide bonds. The van der Waals surface area contributed by atoms with Crippen LogP contribution in [0.4, 0.5) is 5.13 Å². The maximum absolute atomic E-state index is 11.8. The van der Waals surface area contributed by atoms with E-state index in [0.717, 1.165) is 5.13 Å². The molecule has 1 N–H and O–H groups in total. The van der Waals surface area contributed by atoms with Gasteiger partial charge in [-0.3, -0.25) is 9.69 Å². The Hall–Kier alpha value is -1.83. The molecule has 0 aromatic carbocycles. The lowest BCUT2D eigenvalue weighted by Gasteiger charge is -2.12. The van der Waals surface area contributed by atoms with Crippen molar-refractivity contribution in [3.63, 3.8) is 0 Å². The highest BCUT2D eigenvalue weighted by Gasteiger charge is 2.12.